The van der Waals surface area contributed by atoms with Gasteiger partial charge in [0.2, 0.25) is 5.78 Å². The highest BCUT2D eigenvalue weighted by Gasteiger charge is 2.31. The molecular formula is C13H22N4O. The molecule has 1 fully saturated rings. The predicted molar refractivity (Wildman–Crippen MR) is 70.8 cm³/mol. The predicted octanol–water partition coefficient (Wildman–Crippen LogP) is 0.722. The highest BCUT2D eigenvalue weighted by molar-refractivity contribution is 5.97. The summed E-state index contributed by atoms with van der Waals surface area (Å²) in [6, 6.07) is -0.0678. The number of aromatic nitrogens is 2. The Kier molecular flexibility index (Phi) is 4.14. The molecular weight excluding hydrogens is 228 g/mol. The van der Waals surface area contributed by atoms with Crippen LogP contribution in [0.15, 0.2) is 12.4 Å². The van der Waals surface area contributed by atoms with E-state index in [0.29, 0.717) is 5.82 Å². The number of nitrogens with zero attached hydrogens (tertiary/aromatic N) is 4. The van der Waals surface area contributed by atoms with E-state index in [2.05, 4.69) is 28.8 Å². The van der Waals surface area contributed by atoms with Crippen LogP contribution in [-0.4, -0.2) is 64.9 Å². The maximum Gasteiger partial charge on any atom is 0.216 e. The summed E-state index contributed by atoms with van der Waals surface area (Å²) in [4.78, 5) is 21.1. The molecule has 5 heteroatoms. The van der Waals surface area contributed by atoms with Gasteiger partial charge in [0.25, 0.3) is 0 Å². The van der Waals surface area contributed by atoms with Gasteiger partial charge in [-0.15, -0.1) is 0 Å². The molecule has 0 N–H and O–H groups in total. The summed E-state index contributed by atoms with van der Waals surface area (Å²) in [5.41, 5.74) is 0. The maximum atomic E-state index is 12.6. The van der Waals surface area contributed by atoms with Gasteiger partial charge in [-0.3, -0.25) is 9.69 Å². The number of rotatable bonds is 4. The molecule has 2 heterocycles. The molecule has 0 amide bonds. The Bertz CT molecular complexity index is 415. The molecule has 2 rings (SSSR count). The van der Waals surface area contributed by atoms with Gasteiger partial charge in [0.05, 0.1) is 6.04 Å². The maximum absolute atomic E-state index is 12.6. The molecule has 0 aromatic carbocycles. The van der Waals surface area contributed by atoms with E-state index >= 15 is 0 Å². The first-order valence-corrected chi connectivity index (χ1v) is 6.57. The van der Waals surface area contributed by atoms with Crippen molar-refractivity contribution in [3.8, 4) is 0 Å². The van der Waals surface area contributed by atoms with Gasteiger partial charge in [0.15, 0.2) is 5.82 Å². The number of imidazole rings is 1. The second-order valence-electron chi connectivity index (χ2n) is 5.07. The van der Waals surface area contributed by atoms with Crippen molar-refractivity contribution in [2.45, 2.75) is 25.9 Å². The number of Topliss-reactive ketones (excluding diaryl/α,β-unsaturated/α-hetero) is 1. The van der Waals surface area contributed by atoms with E-state index in [1.807, 2.05) is 17.8 Å². The van der Waals surface area contributed by atoms with Gasteiger partial charge in [0, 0.05) is 38.6 Å². The summed E-state index contributed by atoms with van der Waals surface area (Å²) in [5.74, 6) is 0.742. The fraction of sp³-hybridized carbons (Fsp3) is 0.692. The van der Waals surface area contributed by atoms with Crippen LogP contribution in [0.25, 0.3) is 0 Å². The van der Waals surface area contributed by atoms with Gasteiger partial charge in [0.1, 0.15) is 0 Å². The number of hydrogen-bond donors (Lipinski definition) is 0. The zero-order valence-corrected chi connectivity index (χ0v) is 11.5. The van der Waals surface area contributed by atoms with Crippen LogP contribution in [0.1, 0.15) is 24.0 Å². The van der Waals surface area contributed by atoms with Crippen molar-refractivity contribution in [1.82, 2.24) is 19.4 Å². The molecule has 100 valence electrons. The lowest BCUT2D eigenvalue weighted by atomic mass is 10.1. The summed E-state index contributed by atoms with van der Waals surface area (Å²) in [6.45, 7) is 5.70. The minimum Gasteiger partial charge on any atom is -0.328 e. The molecule has 1 aromatic heterocycles. The average Bonchev–Trinajstić information content (AvgIpc) is 2.80. The number of hydrogen-bond acceptors (Lipinski definition) is 4. The molecule has 5 nitrogen and oxygen atoms in total. The first kappa shape index (κ1) is 13.2. The van der Waals surface area contributed by atoms with E-state index in [9.17, 15) is 4.79 Å². The molecule has 1 aliphatic rings. The highest BCUT2D eigenvalue weighted by Crippen LogP contribution is 2.12. The van der Waals surface area contributed by atoms with Crippen LogP contribution in [0.2, 0.25) is 0 Å². The van der Waals surface area contributed by atoms with E-state index in [1.54, 1.807) is 6.20 Å². The number of likely N-dealkylation sites (N-methyl/N-ethyl adjacent to an activating group) is 2. The molecule has 0 spiro atoms. The first-order chi connectivity index (χ1) is 8.63. The molecule has 0 saturated carbocycles. The largest absolute Gasteiger partial charge is 0.328 e. The summed E-state index contributed by atoms with van der Waals surface area (Å²) >= 11 is 0. The van der Waals surface area contributed by atoms with Gasteiger partial charge in [-0.25, -0.2) is 4.98 Å². The number of ketones is 1. The SMILES string of the molecule is CCCn1ccnc1C(=O)C1CN(C)CCN1C. The minimum absolute atomic E-state index is 0.0678. The second-order valence-corrected chi connectivity index (χ2v) is 5.07. The third-order valence-electron chi connectivity index (χ3n) is 3.55. The standard InChI is InChI=1S/C13H22N4O/c1-4-6-17-7-5-14-13(17)12(18)11-10-15(2)8-9-16(11)3/h5,7,11H,4,6,8-10H2,1-3H3. The van der Waals surface area contributed by atoms with Crippen LogP contribution in [0.5, 0.6) is 0 Å². The molecule has 1 aromatic rings. The smallest absolute Gasteiger partial charge is 0.216 e. The molecule has 1 aliphatic heterocycles. The highest BCUT2D eigenvalue weighted by atomic mass is 16.1. The summed E-state index contributed by atoms with van der Waals surface area (Å²) < 4.78 is 1.96. The van der Waals surface area contributed by atoms with Gasteiger partial charge < -0.3 is 9.47 Å². The van der Waals surface area contributed by atoms with Crippen LogP contribution in [-0.2, 0) is 6.54 Å². The van der Waals surface area contributed by atoms with Crippen molar-refractivity contribution in [2.75, 3.05) is 33.7 Å². The topological polar surface area (TPSA) is 41.4 Å². The Labute approximate surface area is 108 Å². The Hall–Kier alpha value is -1.20. The minimum atomic E-state index is -0.0678. The third-order valence-corrected chi connectivity index (χ3v) is 3.55. The number of aryl methyl sites for hydroxylation is 1. The van der Waals surface area contributed by atoms with Crippen LogP contribution >= 0.6 is 0 Å². The van der Waals surface area contributed by atoms with Gasteiger partial charge >= 0.3 is 0 Å². The van der Waals surface area contributed by atoms with E-state index in [0.717, 1.165) is 32.6 Å². The Balaban J connectivity index is 2.16. The summed E-state index contributed by atoms with van der Waals surface area (Å²) in [7, 11) is 4.08. The zero-order valence-electron chi connectivity index (χ0n) is 11.5. The van der Waals surface area contributed by atoms with Gasteiger partial charge in [-0.2, -0.15) is 0 Å². The second kappa shape index (κ2) is 5.63. The Morgan fingerprint density at radius 2 is 2.22 bits per heavy atom. The van der Waals surface area contributed by atoms with Crippen molar-refractivity contribution in [3.05, 3.63) is 18.2 Å². The normalized spacial score (nSPS) is 22.3. The lowest BCUT2D eigenvalue weighted by Gasteiger charge is -2.36. The number of carbonyl (C=O) groups excluding carboxylic acids is 1. The van der Waals surface area contributed by atoms with E-state index in [1.165, 1.54) is 0 Å². The monoisotopic (exact) mass is 250 g/mol. The average molecular weight is 250 g/mol. The van der Waals surface area contributed by atoms with Crippen molar-refractivity contribution in [3.63, 3.8) is 0 Å². The molecule has 0 bridgehead atoms. The molecule has 1 unspecified atom stereocenters. The van der Waals surface area contributed by atoms with Crippen molar-refractivity contribution < 1.29 is 4.79 Å². The summed E-state index contributed by atoms with van der Waals surface area (Å²) in [6.07, 6.45) is 4.62. The van der Waals surface area contributed by atoms with Crippen molar-refractivity contribution >= 4 is 5.78 Å². The Morgan fingerprint density at radius 1 is 1.44 bits per heavy atom. The van der Waals surface area contributed by atoms with E-state index < -0.39 is 0 Å². The lowest BCUT2D eigenvalue weighted by molar-refractivity contribution is 0.0671. The molecule has 1 saturated heterocycles. The van der Waals surface area contributed by atoms with Crippen molar-refractivity contribution in [2.24, 2.45) is 0 Å². The molecule has 0 radical (unpaired) electrons. The number of carbonyl (C=O) groups is 1. The van der Waals surface area contributed by atoms with Gasteiger partial charge in [-0.05, 0) is 20.5 Å². The van der Waals surface area contributed by atoms with Crippen LogP contribution in [0.3, 0.4) is 0 Å². The number of piperazine rings is 1. The van der Waals surface area contributed by atoms with Crippen LogP contribution in [0.4, 0.5) is 0 Å². The lowest BCUT2D eigenvalue weighted by Crippen LogP contribution is -2.53. The van der Waals surface area contributed by atoms with Crippen LogP contribution in [0, 0.1) is 0 Å². The molecule has 18 heavy (non-hydrogen) atoms. The van der Waals surface area contributed by atoms with Crippen LogP contribution < -0.4 is 0 Å². The summed E-state index contributed by atoms with van der Waals surface area (Å²) in [5, 5.41) is 0. The zero-order chi connectivity index (χ0) is 13.1. The first-order valence-electron chi connectivity index (χ1n) is 6.57. The molecule has 0 aliphatic carbocycles. The van der Waals surface area contributed by atoms with Gasteiger partial charge in [-0.1, -0.05) is 6.92 Å². The third kappa shape index (κ3) is 2.62. The fourth-order valence-electron chi connectivity index (χ4n) is 2.40. The molecule has 1 atom stereocenters. The van der Waals surface area contributed by atoms with Crippen molar-refractivity contribution in [1.29, 1.82) is 0 Å². The van der Waals surface area contributed by atoms with E-state index in [4.69, 9.17) is 0 Å². The van der Waals surface area contributed by atoms with E-state index in [-0.39, 0.29) is 11.8 Å². The quantitative estimate of drug-likeness (QED) is 0.739. The Morgan fingerprint density at radius 3 is 2.94 bits per heavy atom. The fourth-order valence-corrected chi connectivity index (χ4v) is 2.40.